The smallest absolute Gasteiger partial charge is 0.226 e. The number of carbonyl (C=O) groups is 1. The highest BCUT2D eigenvalue weighted by molar-refractivity contribution is 5.79. The fourth-order valence-electron chi connectivity index (χ4n) is 2.96. The molecular formula is C14H24N2O. The molecule has 0 aromatic heterocycles. The molecule has 0 saturated carbocycles. The molecule has 1 fully saturated rings. The highest BCUT2D eigenvalue weighted by atomic mass is 16.2. The Morgan fingerprint density at radius 3 is 2.65 bits per heavy atom. The number of nitrogens with zero attached hydrogens (tertiary/aromatic N) is 1. The second kappa shape index (κ2) is 6.20. The summed E-state index contributed by atoms with van der Waals surface area (Å²) in [5, 5.41) is 3.36. The van der Waals surface area contributed by atoms with E-state index in [0.717, 1.165) is 51.7 Å². The molecule has 3 nitrogen and oxygen atoms in total. The summed E-state index contributed by atoms with van der Waals surface area (Å²) in [6.45, 7) is 5.08. The van der Waals surface area contributed by atoms with E-state index in [4.69, 9.17) is 0 Å². The van der Waals surface area contributed by atoms with Gasteiger partial charge in [-0.3, -0.25) is 4.79 Å². The van der Waals surface area contributed by atoms with Crippen molar-refractivity contribution in [3.05, 3.63) is 12.2 Å². The molecule has 0 aromatic rings. The van der Waals surface area contributed by atoms with E-state index in [0.29, 0.717) is 11.9 Å². The van der Waals surface area contributed by atoms with Crippen LogP contribution >= 0.6 is 0 Å². The lowest BCUT2D eigenvalue weighted by atomic mass is 9.92. The van der Waals surface area contributed by atoms with Crippen LogP contribution < -0.4 is 5.32 Å². The Morgan fingerprint density at radius 1 is 1.29 bits per heavy atom. The van der Waals surface area contributed by atoms with E-state index < -0.39 is 0 Å². The SMILES string of the molecule is CCN(C(=O)C1CC=CCC1)C1CCNCC1. The predicted octanol–water partition coefficient (Wildman–Crippen LogP) is 1.94. The van der Waals surface area contributed by atoms with E-state index >= 15 is 0 Å². The topological polar surface area (TPSA) is 32.3 Å². The first-order valence-electron chi connectivity index (χ1n) is 6.99. The van der Waals surface area contributed by atoms with E-state index in [9.17, 15) is 4.79 Å². The first-order valence-corrected chi connectivity index (χ1v) is 6.99. The van der Waals surface area contributed by atoms with Gasteiger partial charge in [0.1, 0.15) is 0 Å². The number of nitrogens with one attached hydrogen (secondary N) is 1. The van der Waals surface area contributed by atoms with Crippen molar-refractivity contribution in [2.45, 2.75) is 45.1 Å². The van der Waals surface area contributed by atoms with Crippen molar-refractivity contribution in [3.63, 3.8) is 0 Å². The molecular weight excluding hydrogens is 212 g/mol. The average molecular weight is 236 g/mol. The lowest BCUT2D eigenvalue weighted by Crippen LogP contribution is -2.48. The van der Waals surface area contributed by atoms with Gasteiger partial charge in [0.15, 0.2) is 0 Å². The quantitative estimate of drug-likeness (QED) is 0.760. The van der Waals surface area contributed by atoms with Crippen LogP contribution in [0.3, 0.4) is 0 Å². The number of allylic oxidation sites excluding steroid dienone is 2. The van der Waals surface area contributed by atoms with Crippen LogP contribution in [0.2, 0.25) is 0 Å². The third-order valence-electron chi connectivity index (χ3n) is 3.99. The van der Waals surface area contributed by atoms with Crippen molar-refractivity contribution in [2.75, 3.05) is 19.6 Å². The van der Waals surface area contributed by atoms with Crippen LogP contribution in [0.25, 0.3) is 0 Å². The average Bonchev–Trinajstić information content (AvgIpc) is 2.42. The van der Waals surface area contributed by atoms with Crippen LogP contribution in [0.1, 0.15) is 39.0 Å². The zero-order valence-electron chi connectivity index (χ0n) is 10.8. The zero-order valence-corrected chi connectivity index (χ0v) is 10.8. The largest absolute Gasteiger partial charge is 0.340 e. The van der Waals surface area contributed by atoms with E-state index in [1.807, 2.05) is 0 Å². The Bertz CT molecular complexity index is 282. The Labute approximate surface area is 104 Å². The molecule has 1 amide bonds. The number of piperidine rings is 1. The second-order valence-corrected chi connectivity index (χ2v) is 5.09. The Kier molecular flexibility index (Phi) is 4.60. The monoisotopic (exact) mass is 236 g/mol. The van der Waals surface area contributed by atoms with Crippen molar-refractivity contribution in [2.24, 2.45) is 5.92 Å². The van der Waals surface area contributed by atoms with Crippen LogP contribution in [0.4, 0.5) is 0 Å². The minimum atomic E-state index is 0.245. The van der Waals surface area contributed by atoms with Gasteiger partial charge in [0.2, 0.25) is 5.91 Å². The predicted molar refractivity (Wildman–Crippen MR) is 69.8 cm³/mol. The molecule has 96 valence electrons. The summed E-state index contributed by atoms with van der Waals surface area (Å²) in [5.41, 5.74) is 0. The molecule has 2 rings (SSSR count). The fraction of sp³-hybridized carbons (Fsp3) is 0.786. The van der Waals surface area contributed by atoms with E-state index in [1.165, 1.54) is 0 Å². The molecule has 1 saturated heterocycles. The van der Waals surface area contributed by atoms with Gasteiger partial charge in [-0.1, -0.05) is 12.2 Å². The highest BCUT2D eigenvalue weighted by Gasteiger charge is 2.29. The Hall–Kier alpha value is -0.830. The van der Waals surface area contributed by atoms with E-state index in [2.05, 4.69) is 29.3 Å². The van der Waals surface area contributed by atoms with Gasteiger partial charge in [-0.05, 0) is 52.1 Å². The Morgan fingerprint density at radius 2 is 2.06 bits per heavy atom. The molecule has 0 spiro atoms. The zero-order chi connectivity index (χ0) is 12.1. The molecule has 3 heteroatoms. The molecule has 1 aliphatic heterocycles. The van der Waals surface area contributed by atoms with Crippen LogP contribution in [0.5, 0.6) is 0 Å². The van der Waals surface area contributed by atoms with Crippen molar-refractivity contribution in [1.82, 2.24) is 10.2 Å². The first-order chi connectivity index (χ1) is 8.33. The van der Waals surface area contributed by atoms with E-state index in [1.54, 1.807) is 0 Å². The Balaban J connectivity index is 1.96. The second-order valence-electron chi connectivity index (χ2n) is 5.09. The maximum atomic E-state index is 12.5. The number of carbonyl (C=O) groups excluding carboxylic acids is 1. The van der Waals surface area contributed by atoms with Crippen molar-refractivity contribution in [1.29, 1.82) is 0 Å². The summed E-state index contributed by atoms with van der Waals surface area (Å²) < 4.78 is 0. The van der Waals surface area contributed by atoms with Gasteiger partial charge in [0.25, 0.3) is 0 Å². The maximum absolute atomic E-state index is 12.5. The van der Waals surface area contributed by atoms with Gasteiger partial charge in [-0.25, -0.2) is 0 Å². The molecule has 0 bridgehead atoms. The van der Waals surface area contributed by atoms with Gasteiger partial charge in [0.05, 0.1) is 0 Å². The summed E-state index contributed by atoms with van der Waals surface area (Å²) in [4.78, 5) is 14.6. The summed E-state index contributed by atoms with van der Waals surface area (Å²) in [6, 6.07) is 0.472. The number of hydrogen-bond donors (Lipinski definition) is 1. The molecule has 0 aromatic carbocycles. The number of rotatable bonds is 3. The summed E-state index contributed by atoms with van der Waals surface area (Å²) in [6.07, 6.45) is 9.65. The molecule has 1 N–H and O–H groups in total. The molecule has 1 atom stereocenters. The summed E-state index contributed by atoms with van der Waals surface area (Å²) in [5.74, 6) is 0.638. The lowest BCUT2D eigenvalue weighted by molar-refractivity contribution is -0.138. The number of hydrogen-bond acceptors (Lipinski definition) is 2. The van der Waals surface area contributed by atoms with Crippen LogP contribution in [-0.4, -0.2) is 36.5 Å². The van der Waals surface area contributed by atoms with Crippen LogP contribution in [-0.2, 0) is 4.79 Å². The maximum Gasteiger partial charge on any atom is 0.226 e. The third-order valence-corrected chi connectivity index (χ3v) is 3.99. The minimum Gasteiger partial charge on any atom is -0.340 e. The van der Waals surface area contributed by atoms with E-state index in [-0.39, 0.29) is 5.92 Å². The fourth-order valence-corrected chi connectivity index (χ4v) is 2.96. The first kappa shape index (κ1) is 12.6. The van der Waals surface area contributed by atoms with Gasteiger partial charge in [0, 0.05) is 18.5 Å². The van der Waals surface area contributed by atoms with Crippen molar-refractivity contribution in [3.8, 4) is 0 Å². The molecule has 0 radical (unpaired) electrons. The normalized spacial score (nSPS) is 25.8. The molecule has 2 aliphatic rings. The lowest BCUT2D eigenvalue weighted by Gasteiger charge is -2.36. The van der Waals surface area contributed by atoms with Gasteiger partial charge < -0.3 is 10.2 Å². The summed E-state index contributed by atoms with van der Waals surface area (Å²) in [7, 11) is 0. The molecule has 1 unspecified atom stereocenters. The van der Waals surface area contributed by atoms with Gasteiger partial charge in [-0.2, -0.15) is 0 Å². The minimum absolute atomic E-state index is 0.245. The highest BCUT2D eigenvalue weighted by Crippen LogP contribution is 2.23. The third kappa shape index (κ3) is 3.09. The van der Waals surface area contributed by atoms with Crippen molar-refractivity contribution < 1.29 is 4.79 Å². The molecule has 1 aliphatic carbocycles. The summed E-state index contributed by atoms with van der Waals surface area (Å²) >= 11 is 0. The van der Waals surface area contributed by atoms with Gasteiger partial charge in [-0.15, -0.1) is 0 Å². The standard InChI is InChI=1S/C14H24N2O/c1-2-16(13-8-10-15-11-9-13)14(17)12-6-4-3-5-7-12/h3-4,12-13,15H,2,5-11H2,1H3. The van der Waals surface area contributed by atoms with Crippen molar-refractivity contribution >= 4 is 5.91 Å². The van der Waals surface area contributed by atoms with Crippen LogP contribution in [0.15, 0.2) is 12.2 Å². The number of amides is 1. The molecule has 1 heterocycles. The van der Waals surface area contributed by atoms with Gasteiger partial charge >= 0.3 is 0 Å². The molecule has 17 heavy (non-hydrogen) atoms. The van der Waals surface area contributed by atoms with Crippen LogP contribution in [0, 0.1) is 5.92 Å².